The summed E-state index contributed by atoms with van der Waals surface area (Å²) in [5, 5.41) is 6.95. The van der Waals surface area contributed by atoms with Gasteiger partial charge in [0.15, 0.2) is 0 Å². The van der Waals surface area contributed by atoms with E-state index in [0.29, 0.717) is 29.5 Å². The molecular formula is C14H19ClN2O3. The molecule has 0 aliphatic rings. The molecule has 0 spiro atoms. The maximum atomic E-state index is 11.6. The lowest BCUT2D eigenvalue weighted by Crippen LogP contribution is -2.27. The van der Waals surface area contributed by atoms with Crippen LogP contribution in [-0.2, 0) is 4.84 Å². The number of benzene rings is 1. The van der Waals surface area contributed by atoms with Crippen LogP contribution in [-0.4, -0.2) is 25.5 Å². The number of oxime groups is 1. The molecule has 0 saturated heterocycles. The van der Waals surface area contributed by atoms with Gasteiger partial charge in [-0.05, 0) is 31.5 Å². The second-order valence-corrected chi connectivity index (χ2v) is 4.44. The zero-order valence-corrected chi connectivity index (χ0v) is 12.4. The first-order valence-corrected chi connectivity index (χ1v) is 6.95. The number of carbonyl (C=O) groups excluding carboxylic acids is 1. The van der Waals surface area contributed by atoms with E-state index in [9.17, 15) is 4.79 Å². The SMILES string of the molecule is CCCCNC(=O)Oc1ccc(Cl)cc1C=NOCC. The second-order valence-electron chi connectivity index (χ2n) is 4.00. The Labute approximate surface area is 123 Å². The summed E-state index contributed by atoms with van der Waals surface area (Å²) >= 11 is 5.91. The van der Waals surface area contributed by atoms with Gasteiger partial charge in [0, 0.05) is 17.1 Å². The van der Waals surface area contributed by atoms with E-state index in [1.807, 2.05) is 6.92 Å². The molecule has 20 heavy (non-hydrogen) atoms. The highest BCUT2D eigenvalue weighted by molar-refractivity contribution is 6.30. The van der Waals surface area contributed by atoms with Crippen LogP contribution in [0.2, 0.25) is 5.02 Å². The molecule has 0 aromatic heterocycles. The van der Waals surface area contributed by atoms with Crippen molar-refractivity contribution in [2.24, 2.45) is 5.16 Å². The quantitative estimate of drug-likeness (QED) is 0.475. The number of carbonyl (C=O) groups is 1. The molecule has 0 fully saturated rings. The lowest BCUT2D eigenvalue weighted by atomic mass is 10.2. The van der Waals surface area contributed by atoms with Crippen LogP contribution in [0.1, 0.15) is 32.3 Å². The van der Waals surface area contributed by atoms with Crippen molar-refractivity contribution in [3.05, 3.63) is 28.8 Å². The summed E-state index contributed by atoms with van der Waals surface area (Å²) in [7, 11) is 0. The summed E-state index contributed by atoms with van der Waals surface area (Å²) in [6, 6.07) is 4.92. The largest absolute Gasteiger partial charge is 0.412 e. The predicted octanol–water partition coefficient (Wildman–Crippen LogP) is 3.60. The van der Waals surface area contributed by atoms with Gasteiger partial charge in [-0.25, -0.2) is 4.79 Å². The highest BCUT2D eigenvalue weighted by Crippen LogP contribution is 2.21. The Morgan fingerprint density at radius 3 is 2.95 bits per heavy atom. The van der Waals surface area contributed by atoms with Crippen molar-refractivity contribution in [3.8, 4) is 5.75 Å². The molecule has 110 valence electrons. The Balaban J connectivity index is 2.70. The molecule has 0 aliphatic heterocycles. The molecule has 1 aromatic carbocycles. The van der Waals surface area contributed by atoms with E-state index in [1.54, 1.807) is 18.2 Å². The van der Waals surface area contributed by atoms with Gasteiger partial charge >= 0.3 is 6.09 Å². The molecule has 0 atom stereocenters. The van der Waals surface area contributed by atoms with Crippen LogP contribution in [0.5, 0.6) is 5.75 Å². The standard InChI is InChI=1S/C14H19ClN2O3/c1-3-5-8-16-14(18)20-13-7-6-12(15)9-11(13)10-17-19-4-2/h6-7,9-10H,3-5,8H2,1-2H3,(H,16,18). The van der Waals surface area contributed by atoms with Crippen LogP contribution >= 0.6 is 11.6 Å². The maximum absolute atomic E-state index is 11.6. The molecular weight excluding hydrogens is 280 g/mol. The lowest BCUT2D eigenvalue weighted by molar-refractivity contribution is 0.160. The second kappa shape index (κ2) is 9.20. The Morgan fingerprint density at radius 2 is 2.25 bits per heavy atom. The summed E-state index contributed by atoms with van der Waals surface area (Å²) in [5.41, 5.74) is 0.580. The fourth-order valence-electron chi connectivity index (χ4n) is 1.38. The van der Waals surface area contributed by atoms with E-state index in [0.717, 1.165) is 12.8 Å². The average molecular weight is 299 g/mol. The molecule has 0 bridgehead atoms. The number of amides is 1. The molecule has 1 N–H and O–H groups in total. The first-order chi connectivity index (χ1) is 9.67. The number of hydrogen-bond donors (Lipinski definition) is 1. The first kappa shape index (κ1) is 16.3. The fourth-order valence-corrected chi connectivity index (χ4v) is 1.57. The Morgan fingerprint density at radius 1 is 1.45 bits per heavy atom. The molecule has 1 aromatic rings. The zero-order valence-electron chi connectivity index (χ0n) is 11.7. The predicted molar refractivity (Wildman–Crippen MR) is 79.6 cm³/mol. The zero-order chi connectivity index (χ0) is 14.8. The molecule has 1 amide bonds. The van der Waals surface area contributed by atoms with Gasteiger partial charge in [0.25, 0.3) is 0 Å². The molecule has 0 aliphatic carbocycles. The minimum atomic E-state index is -0.494. The maximum Gasteiger partial charge on any atom is 0.412 e. The van der Waals surface area contributed by atoms with Crippen molar-refractivity contribution in [2.45, 2.75) is 26.7 Å². The number of nitrogens with zero attached hydrogens (tertiary/aromatic N) is 1. The number of nitrogens with one attached hydrogen (secondary N) is 1. The van der Waals surface area contributed by atoms with Crippen molar-refractivity contribution in [1.82, 2.24) is 5.32 Å². The fraction of sp³-hybridized carbons (Fsp3) is 0.429. The Kier molecular flexibility index (Phi) is 7.50. The normalized spacial score (nSPS) is 10.6. The average Bonchev–Trinajstić information content (AvgIpc) is 2.42. The van der Waals surface area contributed by atoms with Crippen molar-refractivity contribution in [2.75, 3.05) is 13.2 Å². The smallest absolute Gasteiger partial charge is 0.410 e. The molecule has 0 saturated carbocycles. The highest BCUT2D eigenvalue weighted by Gasteiger charge is 2.08. The lowest BCUT2D eigenvalue weighted by Gasteiger charge is -2.08. The van der Waals surface area contributed by atoms with Crippen LogP contribution in [0.4, 0.5) is 4.79 Å². The van der Waals surface area contributed by atoms with Crippen LogP contribution in [0.15, 0.2) is 23.4 Å². The van der Waals surface area contributed by atoms with Crippen LogP contribution in [0.3, 0.4) is 0 Å². The van der Waals surface area contributed by atoms with Crippen LogP contribution in [0, 0.1) is 0 Å². The van der Waals surface area contributed by atoms with Gasteiger partial charge in [-0.15, -0.1) is 0 Å². The van der Waals surface area contributed by atoms with E-state index in [4.69, 9.17) is 21.2 Å². The first-order valence-electron chi connectivity index (χ1n) is 6.58. The third-order valence-corrected chi connectivity index (χ3v) is 2.60. The van der Waals surface area contributed by atoms with E-state index >= 15 is 0 Å². The van der Waals surface area contributed by atoms with Gasteiger partial charge in [0.1, 0.15) is 12.4 Å². The third-order valence-electron chi connectivity index (χ3n) is 2.37. The third kappa shape index (κ3) is 5.93. The summed E-state index contributed by atoms with van der Waals surface area (Å²) < 4.78 is 5.22. The number of hydrogen-bond acceptors (Lipinski definition) is 4. The monoisotopic (exact) mass is 298 g/mol. The van der Waals surface area contributed by atoms with E-state index in [-0.39, 0.29) is 0 Å². The van der Waals surface area contributed by atoms with Crippen LogP contribution < -0.4 is 10.1 Å². The number of halogens is 1. The van der Waals surface area contributed by atoms with Gasteiger partial charge in [-0.3, -0.25) is 0 Å². The summed E-state index contributed by atoms with van der Waals surface area (Å²) in [6.07, 6.45) is 2.89. The van der Waals surface area contributed by atoms with Crippen LogP contribution in [0.25, 0.3) is 0 Å². The topological polar surface area (TPSA) is 59.9 Å². The molecule has 1 rings (SSSR count). The number of unbranched alkanes of at least 4 members (excludes halogenated alkanes) is 1. The summed E-state index contributed by atoms with van der Waals surface area (Å²) in [5.74, 6) is 0.381. The number of ether oxygens (including phenoxy) is 1. The van der Waals surface area contributed by atoms with Crippen molar-refractivity contribution < 1.29 is 14.4 Å². The van der Waals surface area contributed by atoms with Crippen molar-refractivity contribution >= 4 is 23.9 Å². The van der Waals surface area contributed by atoms with E-state index in [2.05, 4.69) is 17.4 Å². The molecule has 0 radical (unpaired) electrons. The summed E-state index contributed by atoms with van der Waals surface area (Å²) in [6.45, 7) is 4.93. The minimum Gasteiger partial charge on any atom is -0.410 e. The van der Waals surface area contributed by atoms with Crippen molar-refractivity contribution in [1.29, 1.82) is 0 Å². The minimum absolute atomic E-state index is 0.381. The summed E-state index contributed by atoms with van der Waals surface area (Å²) in [4.78, 5) is 16.5. The van der Waals surface area contributed by atoms with Gasteiger partial charge in [-0.1, -0.05) is 30.1 Å². The molecule has 0 heterocycles. The van der Waals surface area contributed by atoms with Gasteiger partial charge in [-0.2, -0.15) is 0 Å². The Hall–Kier alpha value is -1.75. The highest BCUT2D eigenvalue weighted by atomic mass is 35.5. The van der Waals surface area contributed by atoms with Crippen molar-refractivity contribution in [3.63, 3.8) is 0 Å². The Bertz CT molecular complexity index is 464. The molecule has 5 nitrogen and oxygen atoms in total. The number of rotatable bonds is 7. The van der Waals surface area contributed by atoms with Gasteiger partial charge in [0.2, 0.25) is 0 Å². The van der Waals surface area contributed by atoms with E-state index < -0.39 is 6.09 Å². The van der Waals surface area contributed by atoms with E-state index in [1.165, 1.54) is 6.21 Å². The molecule has 0 unspecified atom stereocenters. The molecule has 6 heteroatoms. The van der Waals surface area contributed by atoms with Gasteiger partial charge in [0.05, 0.1) is 6.21 Å². The van der Waals surface area contributed by atoms with Gasteiger partial charge < -0.3 is 14.9 Å².